The van der Waals surface area contributed by atoms with Crippen molar-refractivity contribution in [2.45, 2.75) is 58.9 Å². The molecule has 0 saturated carbocycles. The average Bonchev–Trinajstić information content (AvgIpc) is 1.64. The van der Waals surface area contributed by atoms with Gasteiger partial charge < -0.3 is 14.0 Å². The topological polar surface area (TPSA) is 213 Å². The van der Waals surface area contributed by atoms with Crippen LogP contribution >= 0.6 is 46.4 Å². The van der Waals surface area contributed by atoms with Crippen molar-refractivity contribution < 1.29 is 0 Å². The van der Waals surface area contributed by atoms with Crippen molar-refractivity contribution in [3.63, 3.8) is 0 Å². The molecule has 8 aromatic carbocycles. The Hall–Kier alpha value is -12.9. The van der Waals surface area contributed by atoms with Crippen LogP contribution in [0.2, 0.25) is 20.1 Å². The van der Waals surface area contributed by atoms with E-state index in [1.165, 1.54) is 12.1 Å². The van der Waals surface area contributed by atoms with Gasteiger partial charge in [-0.25, -0.2) is 28.7 Å². The van der Waals surface area contributed by atoms with E-state index >= 15 is 0 Å². The molecule has 0 aliphatic carbocycles. The van der Waals surface area contributed by atoms with Gasteiger partial charge in [-0.15, -0.1) is 40.8 Å². The summed E-state index contributed by atoms with van der Waals surface area (Å²) >= 11 is 27.5. The molecule has 21 nitrogen and oxygen atoms in total. The van der Waals surface area contributed by atoms with Crippen LogP contribution in [0.15, 0.2) is 286 Å². The Morgan fingerprint density at radius 1 is 0.345 bits per heavy atom. The van der Waals surface area contributed by atoms with Gasteiger partial charge >= 0.3 is 0 Å². The zero-order valence-corrected chi connectivity index (χ0v) is 64.7. The molecule has 1 fully saturated rings. The third kappa shape index (κ3) is 15.8. The van der Waals surface area contributed by atoms with Gasteiger partial charge in [-0.05, 0) is 19.3 Å². The largest absolute Gasteiger partial charge is 0.373 e. The summed E-state index contributed by atoms with van der Waals surface area (Å²) in [6, 6.07) is 79.7. The van der Waals surface area contributed by atoms with E-state index in [0.717, 1.165) is 139 Å². The first-order chi connectivity index (χ1) is 55.5. The van der Waals surface area contributed by atoms with E-state index in [4.69, 9.17) is 66.8 Å². The Kier molecular flexibility index (Phi) is 22.4. The van der Waals surface area contributed by atoms with Gasteiger partial charge in [0, 0.05) is 95.8 Å². The van der Waals surface area contributed by atoms with Crippen LogP contribution in [0, 0.1) is 0 Å². The summed E-state index contributed by atoms with van der Waals surface area (Å²) in [6.07, 6.45) is 12.3. The Morgan fingerprint density at radius 2 is 0.655 bits per heavy atom. The van der Waals surface area contributed by atoms with Crippen molar-refractivity contribution >= 4 is 90.5 Å². The molecule has 18 aromatic rings. The number of nitrogens with zero attached hydrogens (tertiary/aromatic N) is 21. The molecule has 0 N–H and O–H groups in total. The lowest BCUT2D eigenvalue weighted by molar-refractivity contribution is 0.365. The molecular weight excluding hydrogens is 1490 g/mol. The van der Waals surface area contributed by atoms with Gasteiger partial charge in [0.2, 0.25) is 0 Å². The normalized spacial score (nSPS) is 11.9. The molecule has 0 unspecified atom stereocenters. The summed E-state index contributed by atoms with van der Waals surface area (Å²) in [5.74, 6) is 0. The molecule has 0 spiro atoms. The van der Waals surface area contributed by atoms with Gasteiger partial charge in [-0.2, -0.15) is 20.4 Å². The molecule has 113 heavy (non-hydrogen) atoms. The van der Waals surface area contributed by atoms with Gasteiger partial charge in [0.25, 0.3) is 0 Å². The maximum atomic E-state index is 6.91. The first kappa shape index (κ1) is 74.2. The lowest BCUT2D eigenvalue weighted by Crippen LogP contribution is -2.23. The summed E-state index contributed by atoms with van der Waals surface area (Å²) in [5, 5.41) is 60.7. The highest BCUT2D eigenvalue weighted by atomic mass is 35.5. The predicted octanol–water partition coefficient (Wildman–Crippen LogP) is 20.0. The van der Waals surface area contributed by atoms with Gasteiger partial charge in [0.15, 0.2) is 22.6 Å². The molecule has 558 valence electrons. The van der Waals surface area contributed by atoms with Crippen molar-refractivity contribution in [2.24, 2.45) is 7.05 Å². The van der Waals surface area contributed by atoms with E-state index in [0.29, 0.717) is 79.4 Å². The summed E-state index contributed by atoms with van der Waals surface area (Å²) in [7, 11) is 1.96. The zero-order valence-electron chi connectivity index (χ0n) is 61.7. The molecule has 0 bridgehead atoms. The third-order valence-corrected chi connectivity index (χ3v) is 21.0. The number of hydrogen-bond donors (Lipinski definition) is 0. The number of allylic oxidation sites excluding steroid dienone is 1. The average molecular weight is 1570 g/mol. The number of benzene rings is 8. The number of aryl methyl sites for hydroxylation is 4. The van der Waals surface area contributed by atoms with Crippen LogP contribution in [-0.2, 0) is 39.8 Å². The molecule has 10 aromatic heterocycles. The Balaban J connectivity index is 0.000000114. The first-order valence-corrected chi connectivity index (χ1v) is 38.5. The summed E-state index contributed by atoms with van der Waals surface area (Å²) in [4.78, 5) is 10.6. The number of aromatic nitrogens is 20. The molecule has 1 aliphatic heterocycles. The highest BCUT2D eigenvalue weighted by Gasteiger charge is 2.27. The van der Waals surface area contributed by atoms with E-state index in [1.807, 2.05) is 290 Å². The summed E-state index contributed by atoms with van der Waals surface area (Å²) < 4.78 is 11.5. The zero-order chi connectivity index (χ0) is 77.2. The Morgan fingerprint density at radius 3 is 0.947 bits per heavy atom. The van der Waals surface area contributed by atoms with Crippen molar-refractivity contribution in [3.8, 4) is 90.1 Å². The van der Waals surface area contributed by atoms with Crippen molar-refractivity contribution in [3.05, 3.63) is 312 Å². The van der Waals surface area contributed by atoms with Crippen LogP contribution in [0.3, 0.4) is 0 Å². The van der Waals surface area contributed by atoms with Crippen LogP contribution in [0.4, 0.5) is 0 Å². The lowest BCUT2D eigenvalue weighted by atomic mass is 10.1. The standard InChI is InChI=1S/C24H22ClN5.2C22H17ClN6.C20H17ClN4/c1-17-9-8-14-29(17)15-16-30-24-20(22(28-30)18-10-4-2-5-11-18)21(25)23(26-27-24)19-12-6-3-7-13-19;1-28-14-24-12-17(28)13-29-22-18(20(27-29)15-8-4-2-5-9-15)19(23)21(25-26-22)16-10-6-3-7-11-16;23-19-18-20(16-7-3-1-4-8-16)27-29(14-13-28-12-11-24-15-28)22(18)26-25-21(19)17-9-5-2-6-10-17;1-2-13-25-20-16(18(24-25)14-9-5-3-6-10-14)17(21)19(22-23-20)15-11-7-4-8-12-15/h2-7,10-13H,1,8-9,14-16H2;2-12,14H,13H2,1H3;1-12,15H,13-14H2;3-12H,2,13H2,1H3. The molecule has 11 heterocycles. The highest BCUT2D eigenvalue weighted by Crippen LogP contribution is 2.42. The molecule has 19 rings (SSSR count). The Labute approximate surface area is 671 Å². The van der Waals surface area contributed by atoms with Crippen LogP contribution in [0.25, 0.3) is 134 Å². The van der Waals surface area contributed by atoms with E-state index < -0.39 is 0 Å². The fraction of sp³-hybridized carbons (Fsp3) is 0.136. The smallest absolute Gasteiger partial charge is 0.182 e. The molecule has 0 amide bonds. The molecular formula is C88H73Cl4N21. The van der Waals surface area contributed by atoms with Gasteiger partial charge in [0.1, 0.15) is 45.6 Å². The van der Waals surface area contributed by atoms with Crippen LogP contribution in [0.1, 0.15) is 31.9 Å². The van der Waals surface area contributed by atoms with Crippen molar-refractivity contribution in [1.82, 2.24) is 104 Å². The minimum absolute atomic E-state index is 0.523. The molecule has 25 heteroatoms. The quantitative estimate of drug-likeness (QED) is 0.0781. The number of rotatable bonds is 18. The maximum absolute atomic E-state index is 6.91. The van der Waals surface area contributed by atoms with Crippen LogP contribution in [-0.4, -0.2) is 117 Å². The van der Waals surface area contributed by atoms with E-state index in [2.05, 4.69) is 69.2 Å². The van der Waals surface area contributed by atoms with E-state index in [9.17, 15) is 0 Å². The van der Waals surface area contributed by atoms with Gasteiger partial charge in [-0.3, -0.25) is 0 Å². The van der Waals surface area contributed by atoms with Crippen LogP contribution < -0.4 is 0 Å². The maximum Gasteiger partial charge on any atom is 0.182 e. The third-order valence-electron chi connectivity index (χ3n) is 19.5. The lowest BCUT2D eigenvalue weighted by Gasteiger charge is -2.18. The second-order valence-electron chi connectivity index (χ2n) is 26.8. The second kappa shape index (κ2) is 34.1. The SMILES string of the molecule is C=C1CCCN1CCn1nc(-c2ccccc2)c2c(Cl)c(-c3ccccc3)nnc21.CCCn1nc(-c2ccccc2)c2c(Cl)c(-c3ccccc3)nnc21.Clc1c(-c2ccccc2)nnc2c1c(-c1ccccc1)nn2CCn1ccnc1.Cn1cncc1Cn1nc(-c2ccccc2)c2c(Cl)c(-c3ccccc3)nnc21. The number of imidazole rings is 2. The Bertz CT molecular complexity index is 6280. The highest BCUT2D eigenvalue weighted by molar-refractivity contribution is 6.40. The fourth-order valence-electron chi connectivity index (χ4n) is 13.8. The number of hydrogen-bond acceptors (Lipinski definition) is 15. The van der Waals surface area contributed by atoms with Crippen molar-refractivity contribution in [1.29, 1.82) is 0 Å². The predicted molar refractivity (Wildman–Crippen MR) is 450 cm³/mol. The second-order valence-corrected chi connectivity index (χ2v) is 28.4. The number of halogens is 4. The van der Waals surface area contributed by atoms with Gasteiger partial charge in [-0.1, -0.05) is 303 Å². The summed E-state index contributed by atoms with van der Waals surface area (Å²) in [6.45, 7) is 11.6. The number of fused-ring (bicyclic) bond motifs is 4. The van der Waals surface area contributed by atoms with Crippen LogP contribution in [0.5, 0.6) is 0 Å². The monoisotopic (exact) mass is 1560 g/mol. The first-order valence-electron chi connectivity index (χ1n) is 37.0. The fourth-order valence-corrected chi connectivity index (χ4v) is 15.0. The van der Waals surface area contributed by atoms with E-state index in [-0.39, 0.29) is 0 Å². The molecule has 1 aliphatic rings. The van der Waals surface area contributed by atoms with Gasteiger partial charge in [0.05, 0.1) is 85.8 Å². The van der Waals surface area contributed by atoms with E-state index in [1.54, 1.807) is 18.9 Å². The summed E-state index contributed by atoms with van der Waals surface area (Å²) in [5.41, 5.74) is 18.7. The molecule has 1 saturated heterocycles. The number of likely N-dealkylation sites (tertiary alicyclic amines) is 1. The van der Waals surface area contributed by atoms with Crippen molar-refractivity contribution in [2.75, 3.05) is 13.1 Å². The molecule has 0 atom stereocenters. The molecule has 0 radical (unpaired) electrons. The minimum Gasteiger partial charge on any atom is -0.373 e. The minimum atomic E-state index is 0.523.